The number of nitrogens with two attached hydrogens (primary N) is 1. The highest BCUT2D eigenvalue weighted by atomic mass is 79.9. The zero-order valence-corrected chi connectivity index (χ0v) is 7.71. The van der Waals surface area contributed by atoms with E-state index in [1.54, 1.807) is 0 Å². The maximum absolute atomic E-state index is 5.39. The van der Waals surface area contributed by atoms with Crippen molar-refractivity contribution in [1.29, 1.82) is 0 Å². The molecule has 0 aliphatic carbocycles. The Balaban J connectivity index is 0.000000640. The number of hydrogen-bond acceptors (Lipinski definition) is 3. The van der Waals surface area contributed by atoms with Gasteiger partial charge >= 0.3 is 0 Å². The van der Waals surface area contributed by atoms with Crippen LogP contribution in [0.25, 0.3) is 0 Å². The van der Waals surface area contributed by atoms with E-state index in [0.29, 0.717) is 5.13 Å². The van der Waals surface area contributed by atoms with E-state index in [9.17, 15) is 0 Å². The maximum Gasteiger partial charge on any atom is 0.180 e. The lowest BCUT2D eigenvalue weighted by atomic mass is 10.4. The Morgan fingerprint density at radius 1 is 1.44 bits per heavy atom. The number of hydrogen-bond donors (Lipinski definition) is 1. The quantitative estimate of drug-likeness (QED) is 0.554. The lowest BCUT2D eigenvalue weighted by Crippen LogP contribution is -3.00. The van der Waals surface area contributed by atoms with Crippen LogP contribution in [-0.2, 0) is 0 Å². The number of nitrogen functional groups attached to an aromatic ring is 1. The second kappa shape index (κ2) is 3.17. The molecule has 0 bridgehead atoms. The molecule has 2 nitrogen and oxygen atoms in total. The third-order valence-electron chi connectivity index (χ3n) is 1.05. The van der Waals surface area contributed by atoms with Crippen molar-refractivity contribution in [2.45, 2.75) is 13.8 Å². The molecule has 0 saturated heterocycles. The fourth-order valence-electron chi connectivity index (χ4n) is 0.498. The third-order valence-corrected chi connectivity index (χ3v) is 1.95. The molecule has 0 aliphatic heterocycles. The summed E-state index contributed by atoms with van der Waals surface area (Å²) in [6.07, 6.45) is 0. The lowest BCUT2D eigenvalue weighted by Gasteiger charge is -1.77. The van der Waals surface area contributed by atoms with Crippen LogP contribution < -0.4 is 22.7 Å². The van der Waals surface area contributed by atoms with Gasteiger partial charge in [0.1, 0.15) is 0 Å². The van der Waals surface area contributed by atoms with Gasteiger partial charge in [-0.05, 0) is 13.8 Å². The van der Waals surface area contributed by atoms with Crippen LogP contribution >= 0.6 is 11.3 Å². The number of halogens is 1. The van der Waals surface area contributed by atoms with Crippen LogP contribution in [0.5, 0.6) is 0 Å². The van der Waals surface area contributed by atoms with E-state index in [2.05, 4.69) is 4.98 Å². The average molecular weight is 208 g/mol. The minimum atomic E-state index is 0. The highest BCUT2D eigenvalue weighted by Gasteiger charge is 1.96. The van der Waals surface area contributed by atoms with Crippen LogP contribution in [0.2, 0.25) is 0 Å². The molecule has 0 saturated carbocycles. The molecular formula is C5H8BrN2S-. The number of rotatable bonds is 0. The Morgan fingerprint density at radius 3 is 2.11 bits per heavy atom. The van der Waals surface area contributed by atoms with Crippen LogP contribution in [0.1, 0.15) is 10.6 Å². The largest absolute Gasteiger partial charge is 1.00 e. The summed E-state index contributed by atoms with van der Waals surface area (Å²) in [5.41, 5.74) is 6.44. The van der Waals surface area contributed by atoms with Crippen molar-refractivity contribution in [2.24, 2.45) is 0 Å². The zero-order chi connectivity index (χ0) is 6.15. The van der Waals surface area contributed by atoms with Crippen molar-refractivity contribution >= 4 is 16.5 Å². The van der Waals surface area contributed by atoms with Crippen molar-refractivity contribution in [2.75, 3.05) is 5.73 Å². The van der Waals surface area contributed by atoms with Crippen molar-refractivity contribution < 1.29 is 17.0 Å². The summed E-state index contributed by atoms with van der Waals surface area (Å²) in [7, 11) is 0. The van der Waals surface area contributed by atoms with Gasteiger partial charge in [0.2, 0.25) is 0 Å². The number of aromatic nitrogens is 1. The van der Waals surface area contributed by atoms with Gasteiger partial charge in [0, 0.05) is 4.88 Å². The SMILES string of the molecule is Cc1nc(N)sc1C.[Br-]. The van der Waals surface area contributed by atoms with Gasteiger partial charge in [-0.1, -0.05) is 0 Å². The number of nitrogens with zero attached hydrogens (tertiary/aromatic N) is 1. The summed E-state index contributed by atoms with van der Waals surface area (Å²) in [6.45, 7) is 3.98. The maximum atomic E-state index is 5.39. The molecule has 4 heteroatoms. The molecule has 0 atom stereocenters. The van der Waals surface area contributed by atoms with Crippen molar-refractivity contribution in [3.63, 3.8) is 0 Å². The fraction of sp³-hybridized carbons (Fsp3) is 0.400. The van der Waals surface area contributed by atoms with E-state index >= 15 is 0 Å². The second-order valence-corrected chi connectivity index (χ2v) is 2.93. The Kier molecular flexibility index (Phi) is 3.14. The standard InChI is InChI=1S/C5H8N2S.BrH/c1-3-4(2)8-5(6)7-3;/h1-2H3,(H2,6,7);1H/p-1. The summed E-state index contributed by atoms with van der Waals surface area (Å²) in [5.74, 6) is 0. The minimum absolute atomic E-state index is 0. The van der Waals surface area contributed by atoms with Gasteiger partial charge in [-0.2, -0.15) is 0 Å². The molecule has 0 radical (unpaired) electrons. The molecule has 0 amide bonds. The van der Waals surface area contributed by atoms with Crippen molar-refractivity contribution in [3.05, 3.63) is 10.6 Å². The minimum Gasteiger partial charge on any atom is -1.00 e. The van der Waals surface area contributed by atoms with E-state index in [1.807, 2.05) is 13.8 Å². The van der Waals surface area contributed by atoms with Crippen LogP contribution in [-0.4, -0.2) is 4.98 Å². The van der Waals surface area contributed by atoms with E-state index in [-0.39, 0.29) is 17.0 Å². The summed E-state index contributed by atoms with van der Waals surface area (Å²) in [5, 5.41) is 0.667. The summed E-state index contributed by atoms with van der Waals surface area (Å²) < 4.78 is 0. The fourth-order valence-corrected chi connectivity index (χ4v) is 1.19. The predicted octanol–water partition coefficient (Wildman–Crippen LogP) is -1.65. The van der Waals surface area contributed by atoms with Gasteiger partial charge < -0.3 is 22.7 Å². The Labute approximate surface area is 68.9 Å². The van der Waals surface area contributed by atoms with Crippen LogP contribution in [0, 0.1) is 13.8 Å². The molecule has 1 aromatic heterocycles. The number of aryl methyl sites for hydroxylation is 2. The third kappa shape index (κ3) is 1.95. The van der Waals surface area contributed by atoms with Gasteiger partial charge in [-0.25, -0.2) is 4.98 Å². The zero-order valence-electron chi connectivity index (χ0n) is 5.31. The normalized spacial score (nSPS) is 8.67. The first-order valence-electron chi connectivity index (χ1n) is 2.39. The average Bonchev–Trinajstić information content (AvgIpc) is 1.85. The molecule has 9 heavy (non-hydrogen) atoms. The van der Waals surface area contributed by atoms with E-state index in [0.717, 1.165) is 5.69 Å². The molecule has 0 spiro atoms. The smallest absolute Gasteiger partial charge is 0.180 e. The Bertz CT molecular complexity index is 177. The molecule has 0 aliphatic rings. The Hall–Kier alpha value is -0.0900. The molecule has 0 fully saturated rings. The van der Waals surface area contributed by atoms with Gasteiger partial charge in [-0.3, -0.25) is 0 Å². The first-order chi connectivity index (χ1) is 3.70. The van der Waals surface area contributed by atoms with Gasteiger partial charge in [0.15, 0.2) is 5.13 Å². The highest BCUT2D eigenvalue weighted by Crippen LogP contribution is 2.16. The summed E-state index contributed by atoms with van der Waals surface area (Å²) in [6, 6.07) is 0. The summed E-state index contributed by atoms with van der Waals surface area (Å²) in [4.78, 5) is 5.22. The molecule has 2 N–H and O–H groups in total. The van der Waals surface area contributed by atoms with E-state index in [1.165, 1.54) is 16.2 Å². The second-order valence-electron chi connectivity index (χ2n) is 1.69. The molecule has 1 aromatic rings. The number of thiazole rings is 1. The first-order valence-corrected chi connectivity index (χ1v) is 3.21. The molecule has 0 unspecified atom stereocenters. The molecule has 52 valence electrons. The number of anilines is 1. The van der Waals surface area contributed by atoms with Crippen molar-refractivity contribution in [1.82, 2.24) is 4.98 Å². The van der Waals surface area contributed by atoms with Gasteiger partial charge in [-0.15, -0.1) is 11.3 Å². The van der Waals surface area contributed by atoms with Crippen LogP contribution in [0.4, 0.5) is 5.13 Å². The van der Waals surface area contributed by atoms with Gasteiger partial charge in [0.05, 0.1) is 5.69 Å². The molecule has 1 rings (SSSR count). The first kappa shape index (κ1) is 8.91. The van der Waals surface area contributed by atoms with Crippen LogP contribution in [0.3, 0.4) is 0 Å². The van der Waals surface area contributed by atoms with E-state index in [4.69, 9.17) is 5.73 Å². The summed E-state index contributed by atoms with van der Waals surface area (Å²) >= 11 is 1.54. The molecule has 1 heterocycles. The predicted molar refractivity (Wildman–Crippen MR) is 36.0 cm³/mol. The lowest BCUT2D eigenvalue weighted by molar-refractivity contribution is -0.00000185. The van der Waals surface area contributed by atoms with Crippen molar-refractivity contribution in [3.8, 4) is 0 Å². The monoisotopic (exact) mass is 207 g/mol. The van der Waals surface area contributed by atoms with Crippen LogP contribution in [0.15, 0.2) is 0 Å². The highest BCUT2D eigenvalue weighted by molar-refractivity contribution is 7.15. The topological polar surface area (TPSA) is 38.9 Å². The molecular weight excluding hydrogens is 200 g/mol. The van der Waals surface area contributed by atoms with Gasteiger partial charge in [0.25, 0.3) is 0 Å². The Morgan fingerprint density at radius 2 is 2.00 bits per heavy atom. The molecule has 0 aromatic carbocycles. The van der Waals surface area contributed by atoms with E-state index < -0.39 is 0 Å².